The summed E-state index contributed by atoms with van der Waals surface area (Å²) in [5.74, 6) is -0.739. The minimum atomic E-state index is -1.08. The van der Waals surface area contributed by atoms with Crippen molar-refractivity contribution < 1.29 is 9.90 Å². The van der Waals surface area contributed by atoms with Gasteiger partial charge in [-0.3, -0.25) is 0 Å². The van der Waals surface area contributed by atoms with Gasteiger partial charge in [0.1, 0.15) is 5.82 Å². The van der Waals surface area contributed by atoms with E-state index in [0.29, 0.717) is 12.4 Å². The topological polar surface area (TPSA) is 81.1 Å². The molecular formula is C11H10BrN3O2. The molecule has 2 rings (SSSR count). The smallest absolute Gasteiger partial charge is 0.356 e. The first kappa shape index (κ1) is 11.7. The molecule has 1 aromatic carbocycles. The molecule has 5 nitrogen and oxygen atoms in total. The van der Waals surface area contributed by atoms with Crippen LogP contribution in [0, 0.1) is 0 Å². The average Bonchev–Trinajstić information content (AvgIpc) is 2.64. The lowest BCUT2D eigenvalue weighted by Crippen LogP contribution is -2.07. The number of halogens is 1. The van der Waals surface area contributed by atoms with Crippen LogP contribution in [0.15, 0.2) is 34.8 Å². The zero-order chi connectivity index (χ0) is 12.4. The molecule has 3 N–H and O–H groups in total. The maximum atomic E-state index is 10.7. The Hall–Kier alpha value is -1.82. The average molecular weight is 296 g/mol. The van der Waals surface area contributed by atoms with Crippen molar-refractivity contribution in [2.75, 3.05) is 5.73 Å². The summed E-state index contributed by atoms with van der Waals surface area (Å²) in [6.45, 7) is 0.451. The number of aromatic carboxylic acids is 1. The maximum Gasteiger partial charge on any atom is 0.356 e. The monoisotopic (exact) mass is 295 g/mol. The summed E-state index contributed by atoms with van der Waals surface area (Å²) >= 11 is 3.34. The summed E-state index contributed by atoms with van der Waals surface area (Å²) in [4.78, 5) is 10.7. The number of benzene rings is 1. The summed E-state index contributed by atoms with van der Waals surface area (Å²) in [6.07, 6.45) is 0. The van der Waals surface area contributed by atoms with Gasteiger partial charge in [0.15, 0.2) is 5.69 Å². The molecule has 0 spiro atoms. The lowest BCUT2D eigenvalue weighted by Gasteiger charge is -2.04. The van der Waals surface area contributed by atoms with Crippen molar-refractivity contribution in [3.8, 4) is 0 Å². The number of hydrogen-bond acceptors (Lipinski definition) is 3. The molecule has 17 heavy (non-hydrogen) atoms. The molecular weight excluding hydrogens is 286 g/mol. The lowest BCUT2D eigenvalue weighted by molar-refractivity contribution is 0.0689. The van der Waals surface area contributed by atoms with Gasteiger partial charge in [0.25, 0.3) is 0 Å². The van der Waals surface area contributed by atoms with Gasteiger partial charge in [-0.2, -0.15) is 5.10 Å². The first-order valence-corrected chi connectivity index (χ1v) is 5.66. The van der Waals surface area contributed by atoms with Crippen molar-refractivity contribution in [3.63, 3.8) is 0 Å². The molecule has 0 saturated carbocycles. The molecule has 6 heteroatoms. The Morgan fingerprint density at radius 1 is 1.41 bits per heavy atom. The first-order chi connectivity index (χ1) is 8.06. The van der Waals surface area contributed by atoms with E-state index in [2.05, 4.69) is 21.0 Å². The second kappa shape index (κ2) is 4.58. The van der Waals surface area contributed by atoms with Crippen LogP contribution in [0.1, 0.15) is 16.1 Å². The first-order valence-electron chi connectivity index (χ1n) is 4.87. The molecule has 1 heterocycles. The second-order valence-electron chi connectivity index (χ2n) is 3.54. The predicted molar refractivity (Wildman–Crippen MR) is 66.8 cm³/mol. The van der Waals surface area contributed by atoms with E-state index >= 15 is 0 Å². The zero-order valence-electron chi connectivity index (χ0n) is 8.80. The highest BCUT2D eigenvalue weighted by Crippen LogP contribution is 2.13. The van der Waals surface area contributed by atoms with Crippen molar-refractivity contribution >= 4 is 27.7 Å². The molecule has 0 aliphatic carbocycles. The predicted octanol–water partition coefficient (Wildman–Crippen LogP) is 1.97. The second-order valence-corrected chi connectivity index (χ2v) is 4.46. The number of carboxylic acid groups (broad SMARTS) is 1. The Labute approximate surface area is 106 Å². The van der Waals surface area contributed by atoms with Crippen molar-refractivity contribution in [2.45, 2.75) is 6.54 Å². The number of nitrogens with two attached hydrogens (primary N) is 1. The Kier molecular flexibility index (Phi) is 3.14. The van der Waals surface area contributed by atoms with Crippen LogP contribution in [0.3, 0.4) is 0 Å². The standard InChI is InChI=1S/C11H10BrN3O2/c12-8-3-1-7(2-4-8)6-15-10(13)5-9(14-15)11(16)17/h1-5H,6,13H2,(H,16,17). The number of hydrogen-bond donors (Lipinski definition) is 2. The molecule has 0 aliphatic rings. The van der Waals surface area contributed by atoms with Gasteiger partial charge in [0, 0.05) is 10.5 Å². The molecule has 0 atom stereocenters. The highest BCUT2D eigenvalue weighted by molar-refractivity contribution is 9.10. The molecule has 0 bridgehead atoms. The lowest BCUT2D eigenvalue weighted by atomic mass is 10.2. The molecule has 0 saturated heterocycles. The molecule has 88 valence electrons. The Balaban J connectivity index is 2.24. The molecule has 0 fully saturated rings. The van der Waals surface area contributed by atoms with Crippen LogP contribution in [-0.4, -0.2) is 20.9 Å². The molecule has 2 aromatic rings. The third-order valence-electron chi connectivity index (χ3n) is 2.28. The number of anilines is 1. The number of nitrogen functional groups attached to an aromatic ring is 1. The van der Waals surface area contributed by atoms with Gasteiger partial charge in [-0.05, 0) is 17.7 Å². The molecule has 0 aliphatic heterocycles. The minimum Gasteiger partial charge on any atom is -0.476 e. The van der Waals surface area contributed by atoms with Crippen molar-refractivity contribution in [1.82, 2.24) is 9.78 Å². The van der Waals surface area contributed by atoms with Gasteiger partial charge in [0.05, 0.1) is 6.54 Å². The van der Waals surface area contributed by atoms with Gasteiger partial charge in [0.2, 0.25) is 0 Å². The van der Waals surface area contributed by atoms with Gasteiger partial charge < -0.3 is 10.8 Å². The van der Waals surface area contributed by atoms with E-state index in [4.69, 9.17) is 10.8 Å². The van der Waals surface area contributed by atoms with Gasteiger partial charge in [-0.25, -0.2) is 9.48 Å². The summed E-state index contributed by atoms with van der Waals surface area (Å²) in [6, 6.07) is 9.01. The number of carbonyl (C=O) groups is 1. The van der Waals surface area contributed by atoms with E-state index in [-0.39, 0.29) is 5.69 Å². The van der Waals surface area contributed by atoms with Crippen LogP contribution in [-0.2, 0) is 6.54 Å². The fourth-order valence-electron chi connectivity index (χ4n) is 1.43. The SMILES string of the molecule is Nc1cc(C(=O)O)nn1Cc1ccc(Br)cc1. The van der Waals surface area contributed by atoms with E-state index in [1.54, 1.807) is 0 Å². The van der Waals surface area contributed by atoms with Crippen LogP contribution >= 0.6 is 15.9 Å². The quantitative estimate of drug-likeness (QED) is 0.907. The minimum absolute atomic E-state index is 0.0420. The van der Waals surface area contributed by atoms with Gasteiger partial charge in [-0.15, -0.1) is 0 Å². The Morgan fingerprint density at radius 2 is 2.06 bits per heavy atom. The van der Waals surface area contributed by atoms with Crippen LogP contribution < -0.4 is 5.73 Å². The van der Waals surface area contributed by atoms with Crippen molar-refractivity contribution in [2.24, 2.45) is 0 Å². The van der Waals surface area contributed by atoms with Crippen LogP contribution in [0.25, 0.3) is 0 Å². The van der Waals surface area contributed by atoms with E-state index in [0.717, 1.165) is 10.0 Å². The number of aromatic nitrogens is 2. The Bertz CT molecular complexity index is 548. The van der Waals surface area contributed by atoms with E-state index < -0.39 is 5.97 Å². The normalized spacial score (nSPS) is 10.4. The molecule has 0 unspecified atom stereocenters. The van der Waals surface area contributed by atoms with E-state index in [1.165, 1.54) is 10.7 Å². The number of rotatable bonds is 3. The highest BCUT2D eigenvalue weighted by Gasteiger charge is 2.11. The molecule has 1 aromatic heterocycles. The summed E-state index contributed by atoms with van der Waals surface area (Å²) in [5.41, 5.74) is 6.64. The van der Waals surface area contributed by atoms with Gasteiger partial charge >= 0.3 is 5.97 Å². The maximum absolute atomic E-state index is 10.7. The largest absolute Gasteiger partial charge is 0.476 e. The zero-order valence-corrected chi connectivity index (χ0v) is 10.4. The summed E-state index contributed by atoms with van der Waals surface area (Å²) in [7, 11) is 0. The molecule has 0 radical (unpaired) electrons. The van der Waals surface area contributed by atoms with Crippen LogP contribution in [0.4, 0.5) is 5.82 Å². The fraction of sp³-hybridized carbons (Fsp3) is 0.0909. The van der Waals surface area contributed by atoms with Crippen molar-refractivity contribution in [1.29, 1.82) is 0 Å². The van der Waals surface area contributed by atoms with Crippen LogP contribution in [0.2, 0.25) is 0 Å². The van der Waals surface area contributed by atoms with E-state index in [9.17, 15) is 4.79 Å². The number of nitrogens with zero attached hydrogens (tertiary/aromatic N) is 2. The molecule has 0 amide bonds. The highest BCUT2D eigenvalue weighted by atomic mass is 79.9. The van der Waals surface area contributed by atoms with Gasteiger partial charge in [-0.1, -0.05) is 28.1 Å². The van der Waals surface area contributed by atoms with Crippen LogP contribution in [0.5, 0.6) is 0 Å². The van der Waals surface area contributed by atoms with E-state index in [1.807, 2.05) is 24.3 Å². The third-order valence-corrected chi connectivity index (χ3v) is 2.80. The number of carboxylic acids is 1. The Morgan fingerprint density at radius 3 is 2.59 bits per heavy atom. The summed E-state index contributed by atoms with van der Waals surface area (Å²) in [5, 5.41) is 12.7. The summed E-state index contributed by atoms with van der Waals surface area (Å²) < 4.78 is 2.45. The fourth-order valence-corrected chi connectivity index (χ4v) is 1.69. The van der Waals surface area contributed by atoms with Crippen molar-refractivity contribution in [3.05, 3.63) is 46.1 Å². The third kappa shape index (κ3) is 2.65.